The number of nitrogens with one attached hydrogen (secondary N) is 1. The zero-order valence-corrected chi connectivity index (χ0v) is 9.59. The molecule has 0 saturated carbocycles. The fourth-order valence-electron chi connectivity index (χ4n) is 1.45. The Kier molecular flexibility index (Phi) is 2.77. The van der Waals surface area contributed by atoms with Crippen LogP contribution in [0.5, 0.6) is 0 Å². The molecule has 1 aliphatic heterocycles. The van der Waals surface area contributed by atoms with Crippen LogP contribution in [-0.4, -0.2) is 21.1 Å². The standard InChI is InChI=1S/C9H8ClNO4S/c10-16(13,14)7-3-1-2-6(4-7)8-5-15-9(12)11-8/h1-4,8H,5H2,(H,11,12). The number of rotatable bonds is 2. The van der Waals surface area contributed by atoms with Crippen LogP contribution in [0.3, 0.4) is 0 Å². The summed E-state index contributed by atoms with van der Waals surface area (Å²) in [6, 6.07) is 5.75. The van der Waals surface area contributed by atoms with E-state index in [1.807, 2.05) is 0 Å². The second kappa shape index (κ2) is 3.95. The minimum Gasteiger partial charge on any atom is -0.447 e. The van der Waals surface area contributed by atoms with Gasteiger partial charge in [0.15, 0.2) is 0 Å². The van der Waals surface area contributed by atoms with Gasteiger partial charge >= 0.3 is 6.09 Å². The van der Waals surface area contributed by atoms with Crippen molar-refractivity contribution in [2.45, 2.75) is 10.9 Å². The third-order valence-corrected chi connectivity index (χ3v) is 3.57. The highest BCUT2D eigenvalue weighted by Gasteiger charge is 2.24. The molecule has 86 valence electrons. The Morgan fingerprint density at radius 2 is 2.19 bits per heavy atom. The van der Waals surface area contributed by atoms with Crippen LogP contribution >= 0.6 is 10.7 Å². The lowest BCUT2D eigenvalue weighted by molar-refractivity contribution is 0.177. The maximum atomic E-state index is 11.1. The minimum atomic E-state index is -3.75. The molecule has 1 aromatic carbocycles. The van der Waals surface area contributed by atoms with E-state index in [0.29, 0.717) is 5.56 Å². The number of amides is 1. The summed E-state index contributed by atoms with van der Waals surface area (Å²) >= 11 is 0. The number of cyclic esters (lactones) is 1. The van der Waals surface area contributed by atoms with Crippen molar-refractivity contribution >= 4 is 25.8 Å². The first-order chi connectivity index (χ1) is 7.47. The van der Waals surface area contributed by atoms with E-state index in [4.69, 9.17) is 15.4 Å². The van der Waals surface area contributed by atoms with Gasteiger partial charge in [-0.1, -0.05) is 12.1 Å². The molecule has 0 radical (unpaired) electrons. The van der Waals surface area contributed by atoms with E-state index in [2.05, 4.69) is 5.32 Å². The first kappa shape index (κ1) is 11.2. The number of alkyl carbamates (subject to hydrolysis) is 1. The van der Waals surface area contributed by atoms with Gasteiger partial charge in [0.05, 0.1) is 10.9 Å². The third-order valence-electron chi connectivity index (χ3n) is 2.22. The highest BCUT2D eigenvalue weighted by atomic mass is 35.7. The molecule has 1 atom stereocenters. The molecule has 1 N–H and O–H groups in total. The third kappa shape index (κ3) is 2.28. The maximum absolute atomic E-state index is 11.1. The van der Waals surface area contributed by atoms with E-state index in [-0.39, 0.29) is 17.5 Å². The summed E-state index contributed by atoms with van der Waals surface area (Å²) in [6.07, 6.45) is -0.510. The molecule has 1 fully saturated rings. The molecule has 5 nitrogen and oxygen atoms in total. The van der Waals surface area contributed by atoms with Crippen molar-refractivity contribution in [1.82, 2.24) is 5.32 Å². The van der Waals surface area contributed by atoms with Gasteiger partial charge in [-0.3, -0.25) is 0 Å². The van der Waals surface area contributed by atoms with Crippen molar-refractivity contribution in [3.05, 3.63) is 29.8 Å². The molecule has 0 aliphatic carbocycles. The van der Waals surface area contributed by atoms with Crippen LogP contribution in [0.25, 0.3) is 0 Å². The molecule has 1 unspecified atom stereocenters. The topological polar surface area (TPSA) is 72.5 Å². The fraction of sp³-hybridized carbons (Fsp3) is 0.222. The second-order valence-electron chi connectivity index (χ2n) is 3.31. The van der Waals surface area contributed by atoms with Crippen molar-refractivity contribution in [3.8, 4) is 0 Å². The Hall–Kier alpha value is -1.27. The van der Waals surface area contributed by atoms with Gasteiger partial charge in [-0.25, -0.2) is 13.2 Å². The molecule has 1 aliphatic rings. The van der Waals surface area contributed by atoms with Crippen molar-refractivity contribution in [1.29, 1.82) is 0 Å². The molecule has 1 amide bonds. The summed E-state index contributed by atoms with van der Waals surface area (Å²) in [4.78, 5) is 10.8. The number of hydrogen-bond donors (Lipinski definition) is 1. The molecule has 0 aromatic heterocycles. The summed E-state index contributed by atoms with van der Waals surface area (Å²) in [5.74, 6) is 0. The lowest BCUT2D eigenvalue weighted by Crippen LogP contribution is -2.18. The van der Waals surface area contributed by atoms with Gasteiger partial charge in [-0.15, -0.1) is 0 Å². The van der Waals surface area contributed by atoms with E-state index < -0.39 is 15.1 Å². The normalized spacial score (nSPS) is 20.3. The Balaban J connectivity index is 2.33. The van der Waals surface area contributed by atoms with Crippen LogP contribution in [0.15, 0.2) is 29.2 Å². The van der Waals surface area contributed by atoms with Crippen LogP contribution in [0.2, 0.25) is 0 Å². The fourth-order valence-corrected chi connectivity index (χ4v) is 2.25. The molecular formula is C9H8ClNO4S. The van der Waals surface area contributed by atoms with Crippen molar-refractivity contribution in [2.75, 3.05) is 6.61 Å². The largest absolute Gasteiger partial charge is 0.447 e. The van der Waals surface area contributed by atoms with Gasteiger partial charge in [0, 0.05) is 10.7 Å². The molecule has 7 heteroatoms. The summed E-state index contributed by atoms with van der Waals surface area (Å²) in [5, 5.41) is 2.55. The Labute approximate surface area is 96.8 Å². The van der Waals surface area contributed by atoms with Gasteiger partial charge in [0.25, 0.3) is 9.05 Å². The van der Waals surface area contributed by atoms with E-state index in [9.17, 15) is 13.2 Å². The van der Waals surface area contributed by atoms with Crippen molar-refractivity contribution in [3.63, 3.8) is 0 Å². The molecule has 2 rings (SSSR count). The smallest absolute Gasteiger partial charge is 0.407 e. The molecule has 0 spiro atoms. The average Bonchev–Trinajstić information content (AvgIpc) is 2.64. The summed E-state index contributed by atoms with van der Waals surface area (Å²) in [7, 11) is 1.47. The van der Waals surface area contributed by atoms with E-state index in [1.165, 1.54) is 12.1 Å². The van der Waals surface area contributed by atoms with Crippen LogP contribution in [-0.2, 0) is 13.8 Å². The highest BCUT2D eigenvalue weighted by Crippen LogP contribution is 2.22. The molecular weight excluding hydrogens is 254 g/mol. The quantitative estimate of drug-likeness (QED) is 0.817. The van der Waals surface area contributed by atoms with Crippen LogP contribution in [0, 0.1) is 0 Å². The van der Waals surface area contributed by atoms with Gasteiger partial charge in [0.1, 0.15) is 6.61 Å². The molecule has 1 heterocycles. The summed E-state index contributed by atoms with van der Waals surface area (Å²) in [6.45, 7) is 0.185. The van der Waals surface area contributed by atoms with Gasteiger partial charge in [0.2, 0.25) is 0 Å². The summed E-state index contributed by atoms with van der Waals surface area (Å²) < 4.78 is 26.9. The van der Waals surface area contributed by atoms with Crippen molar-refractivity contribution < 1.29 is 17.9 Å². The lowest BCUT2D eigenvalue weighted by atomic mass is 10.1. The van der Waals surface area contributed by atoms with Gasteiger partial charge < -0.3 is 10.1 Å². The maximum Gasteiger partial charge on any atom is 0.407 e. The Morgan fingerprint density at radius 1 is 1.44 bits per heavy atom. The first-order valence-electron chi connectivity index (χ1n) is 4.45. The minimum absolute atomic E-state index is 0.00724. The number of halogens is 1. The summed E-state index contributed by atoms with van der Waals surface area (Å²) in [5.41, 5.74) is 0.646. The zero-order valence-electron chi connectivity index (χ0n) is 8.01. The van der Waals surface area contributed by atoms with Crippen molar-refractivity contribution in [2.24, 2.45) is 0 Å². The van der Waals surface area contributed by atoms with Crippen LogP contribution < -0.4 is 5.32 Å². The lowest BCUT2D eigenvalue weighted by Gasteiger charge is -2.08. The SMILES string of the molecule is O=C1NC(c2cccc(S(=O)(=O)Cl)c2)CO1. The number of benzene rings is 1. The van der Waals surface area contributed by atoms with Crippen LogP contribution in [0.1, 0.15) is 11.6 Å². The van der Waals surface area contributed by atoms with E-state index in [1.54, 1.807) is 12.1 Å². The van der Waals surface area contributed by atoms with Crippen LogP contribution in [0.4, 0.5) is 4.79 Å². The number of hydrogen-bond acceptors (Lipinski definition) is 4. The predicted octanol–water partition coefficient (Wildman–Crippen LogP) is 1.40. The molecule has 16 heavy (non-hydrogen) atoms. The van der Waals surface area contributed by atoms with E-state index >= 15 is 0 Å². The molecule has 1 aromatic rings. The highest BCUT2D eigenvalue weighted by molar-refractivity contribution is 8.13. The number of carbonyl (C=O) groups is 1. The average molecular weight is 262 g/mol. The Bertz CT molecular complexity index is 528. The zero-order chi connectivity index (χ0) is 11.8. The number of ether oxygens (including phenoxy) is 1. The van der Waals surface area contributed by atoms with E-state index in [0.717, 1.165) is 0 Å². The predicted molar refractivity (Wildman–Crippen MR) is 56.7 cm³/mol. The molecule has 1 saturated heterocycles. The molecule has 0 bridgehead atoms. The number of carbonyl (C=O) groups excluding carboxylic acids is 1. The second-order valence-corrected chi connectivity index (χ2v) is 5.87. The van der Waals surface area contributed by atoms with Gasteiger partial charge in [-0.05, 0) is 17.7 Å². The monoisotopic (exact) mass is 261 g/mol. The van der Waals surface area contributed by atoms with Gasteiger partial charge in [-0.2, -0.15) is 0 Å². The Morgan fingerprint density at radius 3 is 2.75 bits per heavy atom. The first-order valence-corrected chi connectivity index (χ1v) is 6.75.